The molecule has 55 heavy (non-hydrogen) atoms. The summed E-state index contributed by atoms with van der Waals surface area (Å²) in [5, 5.41) is 3.06. The van der Waals surface area contributed by atoms with Crippen LogP contribution in [0.3, 0.4) is 0 Å². The quantitative estimate of drug-likeness (QED) is 0.237. The van der Waals surface area contributed by atoms with Gasteiger partial charge in [-0.25, -0.2) is 29.9 Å². The average Bonchev–Trinajstić information content (AvgIpc) is 4.05. The minimum absolute atomic E-state index is 0.133. The summed E-state index contributed by atoms with van der Waals surface area (Å²) in [5.74, 6) is -0.133. The third-order valence-corrected chi connectivity index (χ3v) is 10.4. The zero-order valence-electron chi connectivity index (χ0n) is 30.0. The first kappa shape index (κ1) is 32.8. The number of fused-ring (bicyclic) bond motifs is 9. The van der Waals surface area contributed by atoms with E-state index in [4.69, 9.17) is 34.7 Å². The van der Waals surface area contributed by atoms with Crippen LogP contribution in [0.5, 0.6) is 0 Å². The number of allylic oxidation sites excluding steroid dienone is 16. The second kappa shape index (κ2) is 13.9. The minimum Gasteiger partial charge on any atom is -0.462 e. The lowest BCUT2D eigenvalue weighted by molar-refractivity contribution is -0.148. The molecule has 10 rings (SSSR count). The smallest absolute Gasteiger partial charge is 0.306 e. The SMILES string of the molecule is O=C(CCCCCN1C=CC(=C2C=CNC=C2)C=C1)OC1Cc2cc3nc4c(nc3cc2C1)C1=NC4=CC2=NC(=CC3=NC(=CC4=NC(=C1)C=C4)C=C3)C=C2. The maximum atomic E-state index is 12.9. The van der Waals surface area contributed by atoms with Gasteiger partial charge in [-0.15, -0.1) is 0 Å². The van der Waals surface area contributed by atoms with E-state index in [0.717, 1.165) is 82.2 Å². The number of aromatic nitrogens is 2. The van der Waals surface area contributed by atoms with E-state index < -0.39 is 0 Å². The van der Waals surface area contributed by atoms with Gasteiger partial charge in [0.25, 0.3) is 0 Å². The van der Waals surface area contributed by atoms with Crippen LogP contribution in [0, 0.1) is 0 Å². The number of hydrogen-bond donors (Lipinski definition) is 1. The van der Waals surface area contributed by atoms with Crippen LogP contribution in [0.25, 0.3) is 16.7 Å². The molecule has 1 aliphatic carbocycles. The predicted octanol–water partition coefficient (Wildman–Crippen LogP) is 7.31. The van der Waals surface area contributed by atoms with Gasteiger partial charge in [0.05, 0.1) is 56.7 Å². The van der Waals surface area contributed by atoms with E-state index >= 15 is 0 Å². The summed E-state index contributed by atoms with van der Waals surface area (Å²) >= 11 is 0. The standard InChI is InChI=1S/C45H36N8O2/c54-43(4-2-1-3-17-53-18-13-29(14-19-53)28-11-15-46-16-12-28)55-38-20-30-22-39-40(23-31(30)21-38)52-45-42-27-37-10-8-35(49-37)25-33-6-5-32(47-33)24-34-7-9-36(48-34)26-41(50-42)44(45)51-39/h5-16,18-19,22-27,38,46H,1-4,17,20-21H2. The van der Waals surface area contributed by atoms with E-state index in [-0.39, 0.29) is 12.1 Å². The van der Waals surface area contributed by atoms with Crippen molar-refractivity contribution >= 4 is 45.5 Å². The fourth-order valence-corrected chi connectivity index (χ4v) is 7.62. The first-order valence-corrected chi connectivity index (χ1v) is 18.8. The highest BCUT2D eigenvalue weighted by Gasteiger charge is 2.29. The molecule has 1 atom stereocenters. The second-order valence-corrected chi connectivity index (χ2v) is 14.3. The Morgan fingerprint density at radius 1 is 0.655 bits per heavy atom. The summed E-state index contributed by atoms with van der Waals surface area (Å²) < 4.78 is 5.99. The Balaban J connectivity index is 0.806. The second-order valence-electron chi connectivity index (χ2n) is 14.3. The summed E-state index contributed by atoms with van der Waals surface area (Å²) in [4.78, 5) is 44.6. The number of aliphatic imine (C=N–C) groups is 4. The van der Waals surface area contributed by atoms with Crippen molar-refractivity contribution in [2.75, 3.05) is 6.54 Å². The van der Waals surface area contributed by atoms with Crippen LogP contribution in [-0.2, 0) is 22.4 Å². The summed E-state index contributed by atoms with van der Waals surface area (Å²) in [6, 6.07) is 4.19. The molecule has 1 unspecified atom stereocenters. The van der Waals surface area contributed by atoms with Crippen LogP contribution in [0.4, 0.5) is 0 Å². The molecule has 0 saturated heterocycles. The molecule has 10 heteroatoms. The number of hydrogen-bond acceptors (Lipinski definition) is 10. The Bertz CT molecular complexity index is 2560. The molecule has 2 aromatic rings. The molecule has 1 N–H and O–H groups in total. The van der Waals surface area contributed by atoms with Crippen molar-refractivity contribution in [2.24, 2.45) is 20.0 Å². The van der Waals surface area contributed by atoms with E-state index in [1.54, 1.807) is 0 Å². The van der Waals surface area contributed by atoms with Gasteiger partial charge < -0.3 is 15.0 Å². The summed E-state index contributed by atoms with van der Waals surface area (Å²) in [7, 11) is 0. The van der Waals surface area contributed by atoms with Crippen molar-refractivity contribution in [1.82, 2.24) is 20.2 Å². The summed E-state index contributed by atoms with van der Waals surface area (Å²) in [6.45, 7) is 0.916. The molecular weight excluding hydrogens is 685 g/mol. The number of unbranched alkanes of at least 4 members (excludes halogenated alkanes) is 2. The number of rotatable bonds is 7. The summed E-state index contributed by atoms with van der Waals surface area (Å²) in [6.07, 6.45) is 40.6. The van der Waals surface area contributed by atoms with Gasteiger partial charge in [-0.05, 0) is 132 Å². The molecular formula is C45H36N8O2. The maximum Gasteiger partial charge on any atom is 0.306 e. The van der Waals surface area contributed by atoms with Gasteiger partial charge in [-0.2, -0.15) is 0 Å². The van der Waals surface area contributed by atoms with Crippen molar-refractivity contribution in [3.63, 3.8) is 0 Å². The van der Waals surface area contributed by atoms with Crippen molar-refractivity contribution in [2.45, 2.75) is 44.6 Å². The molecule has 0 fully saturated rings. The number of benzene rings is 1. The molecule has 0 amide bonds. The van der Waals surface area contributed by atoms with E-state index in [1.165, 1.54) is 11.1 Å². The highest BCUT2D eigenvalue weighted by molar-refractivity contribution is 6.21. The van der Waals surface area contributed by atoms with Gasteiger partial charge in [0.15, 0.2) is 0 Å². The van der Waals surface area contributed by atoms with Gasteiger partial charge in [0.1, 0.15) is 17.5 Å². The molecule has 0 radical (unpaired) electrons. The molecule has 8 bridgehead atoms. The lowest BCUT2D eigenvalue weighted by Crippen LogP contribution is -2.18. The van der Waals surface area contributed by atoms with Crippen LogP contribution in [0.1, 0.15) is 48.2 Å². The Morgan fingerprint density at radius 3 is 1.93 bits per heavy atom. The number of dihydropyridines is 1. The molecule has 268 valence electrons. The van der Waals surface area contributed by atoms with Crippen molar-refractivity contribution in [3.8, 4) is 0 Å². The third-order valence-electron chi connectivity index (χ3n) is 10.4. The first-order chi connectivity index (χ1) is 27.0. The molecule has 7 aliphatic heterocycles. The van der Waals surface area contributed by atoms with Crippen molar-refractivity contribution < 1.29 is 9.53 Å². The molecule has 10 nitrogen and oxygen atoms in total. The monoisotopic (exact) mass is 720 g/mol. The van der Waals surface area contributed by atoms with Crippen molar-refractivity contribution in [3.05, 3.63) is 173 Å². The number of carbonyl (C=O) groups excluding carboxylic acids is 1. The minimum atomic E-state index is -0.186. The number of nitrogens with one attached hydrogen (secondary N) is 1. The molecule has 8 aliphatic rings. The van der Waals surface area contributed by atoms with Gasteiger partial charge in [0.2, 0.25) is 0 Å². The first-order valence-electron chi connectivity index (χ1n) is 18.8. The lowest BCUT2D eigenvalue weighted by atomic mass is 10.1. The average molecular weight is 721 g/mol. The number of nitrogens with zero attached hydrogens (tertiary/aromatic N) is 7. The fraction of sp³-hybridized carbons (Fsp3) is 0.178. The van der Waals surface area contributed by atoms with Crippen LogP contribution in [0.15, 0.2) is 170 Å². The van der Waals surface area contributed by atoms with Crippen molar-refractivity contribution in [1.29, 1.82) is 0 Å². The predicted molar refractivity (Wildman–Crippen MR) is 217 cm³/mol. The van der Waals surface area contributed by atoms with Crippen LogP contribution in [0.2, 0.25) is 0 Å². The highest BCUT2D eigenvalue weighted by Crippen LogP contribution is 2.34. The van der Waals surface area contributed by atoms with Gasteiger partial charge >= 0.3 is 5.97 Å². The highest BCUT2D eigenvalue weighted by atomic mass is 16.5. The van der Waals surface area contributed by atoms with Crippen LogP contribution < -0.4 is 5.32 Å². The van der Waals surface area contributed by atoms with Gasteiger partial charge in [-0.1, -0.05) is 6.42 Å². The van der Waals surface area contributed by atoms with E-state index in [9.17, 15) is 4.79 Å². The van der Waals surface area contributed by atoms with Gasteiger partial charge in [-0.3, -0.25) is 4.79 Å². The summed E-state index contributed by atoms with van der Waals surface area (Å²) in [5.41, 5.74) is 13.9. The van der Waals surface area contributed by atoms with E-state index in [1.807, 2.05) is 73.2 Å². The number of esters is 1. The van der Waals surface area contributed by atoms with Crippen LogP contribution in [-0.4, -0.2) is 56.3 Å². The molecule has 1 aromatic heterocycles. The molecule has 1 aromatic carbocycles. The lowest BCUT2D eigenvalue weighted by Gasteiger charge is -2.19. The molecule has 0 saturated carbocycles. The van der Waals surface area contributed by atoms with E-state index in [2.05, 4.69) is 59.1 Å². The molecule has 0 spiro atoms. The zero-order valence-corrected chi connectivity index (χ0v) is 30.0. The Hall–Kier alpha value is -6.81. The normalized spacial score (nSPS) is 20.9. The Morgan fingerprint density at radius 2 is 1.25 bits per heavy atom. The largest absolute Gasteiger partial charge is 0.462 e. The Labute approximate surface area is 318 Å². The number of ether oxygens (including phenoxy) is 1. The zero-order chi connectivity index (χ0) is 36.7. The fourth-order valence-electron chi connectivity index (χ4n) is 7.62. The van der Waals surface area contributed by atoms with E-state index in [0.29, 0.717) is 42.1 Å². The van der Waals surface area contributed by atoms with Gasteiger partial charge in [0, 0.05) is 50.6 Å². The maximum absolute atomic E-state index is 12.9. The Kier molecular flexibility index (Phi) is 8.28. The topological polar surface area (TPSA) is 117 Å². The third kappa shape index (κ3) is 6.90. The molecule has 8 heterocycles. The van der Waals surface area contributed by atoms with Crippen LogP contribution >= 0.6 is 0 Å². The number of carbonyl (C=O) groups is 1.